The number of sulfonamides is 1. The molecule has 2 aromatic carbocycles. The second kappa shape index (κ2) is 7.69. The van der Waals surface area contributed by atoms with E-state index in [0.29, 0.717) is 5.82 Å². The summed E-state index contributed by atoms with van der Waals surface area (Å²) in [4.78, 5) is 4.91. The van der Waals surface area contributed by atoms with E-state index in [9.17, 15) is 8.42 Å². The van der Waals surface area contributed by atoms with Crippen molar-refractivity contribution in [1.29, 1.82) is 0 Å². The summed E-state index contributed by atoms with van der Waals surface area (Å²) >= 11 is 0. The van der Waals surface area contributed by atoms with Gasteiger partial charge in [0.15, 0.2) is 0 Å². The molecule has 0 bridgehead atoms. The van der Waals surface area contributed by atoms with Crippen LogP contribution in [0.4, 0.5) is 5.82 Å². The van der Waals surface area contributed by atoms with Gasteiger partial charge in [0.05, 0.1) is 16.1 Å². The van der Waals surface area contributed by atoms with Crippen LogP contribution in [-0.4, -0.2) is 26.2 Å². The zero-order chi connectivity index (χ0) is 20.5. The van der Waals surface area contributed by atoms with Crippen LogP contribution in [0.3, 0.4) is 0 Å². The third kappa shape index (κ3) is 4.05. The minimum atomic E-state index is -3.44. The second-order valence-electron chi connectivity index (χ2n) is 6.84. The fourth-order valence-electron chi connectivity index (χ4n) is 3.10. The smallest absolute Gasteiger partial charge is 0.240 e. The maximum Gasteiger partial charge on any atom is 0.240 e. The third-order valence-electron chi connectivity index (χ3n) is 4.64. The molecule has 6 nitrogen and oxygen atoms in total. The molecule has 1 heterocycles. The normalized spacial score (nSPS) is 12.4. The number of aromatic nitrogens is 1. The summed E-state index contributed by atoms with van der Waals surface area (Å²) in [6, 6.07) is 12.8. The highest BCUT2D eigenvalue weighted by molar-refractivity contribution is 7.89. The predicted octanol–water partition coefficient (Wildman–Crippen LogP) is 3.90. The third-order valence-corrected chi connectivity index (χ3v) is 6.07. The molecular formula is C21H24N4O2S. The minimum absolute atomic E-state index is 0.220. The minimum Gasteiger partial charge on any atom is -0.261 e. The number of hydrogen-bond acceptors (Lipinski definition) is 5. The monoisotopic (exact) mass is 396 g/mol. The molecule has 0 radical (unpaired) electrons. The van der Waals surface area contributed by atoms with E-state index in [1.807, 2.05) is 13.0 Å². The highest BCUT2D eigenvalue weighted by atomic mass is 32.2. The van der Waals surface area contributed by atoms with E-state index in [2.05, 4.69) is 48.2 Å². The van der Waals surface area contributed by atoms with Crippen molar-refractivity contribution in [3.63, 3.8) is 0 Å². The van der Waals surface area contributed by atoms with Crippen LogP contribution in [0.15, 0.2) is 52.5 Å². The zero-order valence-electron chi connectivity index (χ0n) is 16.7. The van der Waals surface area contributed by atoms with E-state index < -0.39 is 10.0 Å². The van der Waals surface area contributed by atoms with Crippen molar-refractivity contribution in [1.82, 2.24) is 9.71 Å². The van der Waals surface area contributed by atoms with Gasteiger partial charge in [0.25, 0.3) is 0 Å². The summed E-state index contributed by atoms with van der Waals surface area (Å²) in [5, 5.41) is 5.55. The largest absolute Gasteiger partial charge is 0.261 e. The van der Waals surface area contributed by atoms with Gasteiger partial charge in [-0.1, -0.05) is 23.8 Å². The Morgan fingerprint density at radius 2 is 1.68 bits per heavy atom. The summed E-state index contributed by atoms with van der Waals surface area (Å²) in [7, 11) is -2.05. The van der Waals surface area contributed by atoms with Crippen molar-refractivity contribution in [2.45, 2.75) is 32.6 Å². The van der Waals surface area contributed by atoms with Crippen LogP contribution in [-0.2, 0) is 10.0 Å². The van der Waals surface area contributed by atoms with E-state index in [1.54, 1.807) is 24.3 Å². The lowest BCUT2D eigenvalue weighted by Gasteiger charge is -2.10. The van der Waals surface area contributed by atoms with Crippen LogP contribution in [0.5, 0.6) is 0 Å². The SMILES string of the molecule is CNS(=O)(=O)c1ccc(/C(C)=N/Nc2cc(C)c3cc(C)cc(C)c3n2)cc1. The fourth-order valence-corrected chi connectivity index (χ4v) is 3.83. The maximum atomic E-state index is 11.8. The van der Waals surface area contributed by atoms with E-state index in [1.165, 1.54) is 12.6 Å². The van der Waals surface area contributed by atoms with Crippen molar-refractivity contribution in [2.75, 3.05) is 12.5 Å². The molecule has 146 valence electrons. The molecule has 0 aliphatic rings. The van der Waals surface area contributed by atoms with Gasteiger partial charge in [0.1, 0.15) is 5.82 Å². The fraction of sp³-hybridized carbons (Fsp3) is 0.238. The number of nitrogens with zero attached hydrogens (tertiary/aromatic N) is 2. The number of anilines is 1. The topological polar surface area (TPSA) is 83.5 Å². The molecule has 3 aromatic rings. The lowest BCUT2D eigenvalue weighted by molar-refractivity contribution is 0.588. The van der Waals surface area contributed by atoms with E-state index in [-0.39, 0.29) is 4.90 Å². The van der Waals surface area contributed by atoms with Gasteiger partial charge in [-0.3, -0.25) is 5.43 Å². The average molecular weight is 397 g/mol. The number of benzene rings is 2. The molecule has 3 rings (SSSR count). The molecule has 7 heteroatoms. The molecule has 1 aromatic heterocycles. The highest BCUT2D eigenvalue weighted by Crippen LogP contribution is 2.24. The number of aryl methyl sites for hydroxylation is 3. The number of rotatable bonds is 5. The molecule has 0 unspecified atom stereocenters. The van der Waals surface area contributed by atoms with Crippen molar-refractivity contribution in [3.8, 4) is 0 Å². The molecule has 0 saturated carbocycles. The summed E-state index contributed by atoms with van der Waals surface area (Å²) in [5.74, 6) is 0.672. The van der Waals surface area contributed by atoms with Crippen molar-refractivity contribution >= 4 is 32.5 Å². The standard InChI is InChI=1S/C21H24N4O2S/c1-13-10-15(3)21-19(11-13)14(2)12-20(23-21)25-24-16(4)17-6-8-18(9-7-17)28(26,27)22-5/h6-12,22H,1-5H3,(H,23,25)/b24-16+. The molecular weight excluding hydrogens is 372 g/mol. The van der Waals surface area contributed by atoms with Gasteiger partial charge in [-0.05, 0) is 75.7 Å². The lowest BCUT2D eigenvalue weighted by Crippen LogP contribution is -2.18. The molecule has 0 fully saturated rings. The molecule has 0 spiro atoms. The van der Waals surface area contributed by atoms with Crippen molar-refractivity contribution in [2.24, 2.45) is 5.10 Å². The van der Waals surface area contributed by atoms with Gasteiger partial charge < -0.3 is 0 Å². The Bertz CT molecular complexity index is 1170. The molecule has 0 atom stereocenters. The van der Waals surface area contributed by atoms with Crippen LogP contribution < -0.4 is 10.1 Å². The molecule has 0 aliphatic carbocycles. The van der Waals surface area contributed by atoms with Crippen LogP contribution >= 0.6 is 0 Å². The molecule has 0 amide bonds. The Labute approximate surface area is 165 Å². The van der Waals surface area contributed by atoms with Gasteiger partial charge >= 0.3 is 0 Å². The number of pyridine rings is 1. The van der Waals surface area contributed by atoms with Gasteiger partial charge in [0.2, 0.25) is 10.0 Å². The summed E-state index contributed by atoms with van der Waals surface area (Å²) < 4.78 is 25.9. The molecule has 0 aliphatic heterocycles. The van der Waals surface area contributed by atoms with E-state index >= 15 is 0 Å². The predicted molar refractivity (Wildman–Crippen MR) is 114 cm³/mol. The van der Waals surface area contributed by atoms with Gasteiger partial charge in [-0.25, -0.2) is 18.1 Å². The van der Waals surface area contributed by atoms with Crippen molar-refractivity contribution in [3.05, 3.63) is 64.7 Å². The first-order valence-electron chi connectivity index (χ1n) is 8.94. The summed E-state index contributed by atoms with van der Waals surface area (Å²) in [6.45, 7) is 8.06. The Balaban J connectivity index is 1.87. The van der Waals surface area contributed by atoms with Crippen LogP contribution in [0.25, 0.3) is 10.9 Å². The summed E-state index contributed by atoms with van der Waals surface area (Å²) in [5.41, 5.74) is 9.01. The van der Waals surface area contributed by atoms with Crippen LogP contribution in [0.2, 0.25) is 0 Å². The number of fused-ring (bicyclic) bond motifs is 1. The van der Waals surface area contributed by atoms with Crippen LogP contribution in [0, 0.1) is 20.8 Å². The molecule has 2 N–H and O–H groups in total. The van der Waals surface area contributed by atoms with Gasteiger partial charge in [-0.2, -0.15) is 5.10 Å². The summed E-state index contributed by atoms with van der Waals surface area (Å²) in [6.07, 6.45) is 0. The van der Waals surface area contributed by atoms with Crippen LogP contribution in [0.1, 0.15) is 29.2 Å². The zero-order valence-corrected chi connectivity index (χ0v) is 17.5. The first-order chi connectivity index (χ1) is 13.2. The first kappa shape index (κ1) is 20.0. The molecule has 28 heavy (non-hydrogen) atoms. The average Bonchev–Trinajstić information content (AvgIpc) is 2.67. The Morgan fingerprint density at radius 3 is 2.32 bits per heavy atom. The number of hydrogen-bond donors (Lipinski definition) is 2. The molecule has 0 saturated heterocycles. The Hall–Kier alpha value is -2.77. The maximum absolute atomic E-state index is 11.8. The Kier molecular flexibility index (Phi) is 5.49. The van der Waals surface area contributed by atoms with Crippen molar-refractivity contribution < 1.29 is 8.42 Å². The number of nitrogens with one attached hydrogen (secondary N) is 2. The second-order valence-corrected chi connectivity index (χ2v) is 8.73. The Morgan fingerprint density at radius 1 is 1.00 bits per heavy atom. The quantitative estimate of drug-likeness (QED) is 0.506. The van der Waals surface area contributed by atoms with Gasteiger partial charge in [0, 0.05) is 5.39 Å². The van der Waals surface area contributed by atoms with E-state index in [4.69, 9.17) is 4.98 Å². The van der Waals surface area contributed by atoms with E-state index in [0.717, 1.165) is 33.3 Å². The lowest BCUT2D eigenvalue weighted by atomic mass is 10.0. The van der Waals surface area contributed by atoms with Gasteiger partial charge in [-0.15, -0.1) is 0 Å². The number of hydrazone groups is 1. The first-order valence-corrected chi connectivity index (χ1v) is 10.4. The highest BCUT2D eigenvalue weighted by Gasteiger charge is 2.11.